The van der Waals surface area contributed by atoms with E-state index < -0.39 is 0 Å². The molecule has 0 atom stereocenters. The summed E-state index contributed by atoms with van der Waals surface area (Å²) in [6, 6.07) is 7.45. The fraction of sp³-hybridized carbons (Fsp3) is 0.286. The molecule has 0 aliphatic carbocycles. The number of carbonyl (C=O) groups excluding carboxylic acids is 1. The third-order valence-electron chi connectivity index (χ3n) is 2.84. The van der Waals surface area contributed by atoms with Crippen LogP contribution >= 0.6 is 0 Å². The van der Waals surface area contributed by atoms with E-state index in [0.29, 0.717) is 12.1 Å². The Kier molecular flexibility index (Phi) is 4.69. The van der Waals surface area contributed by atoms with Gasteiger partial charge in [-0.05, 0) is 11.6 Å². The third-order valence-corrected chi connectivity index (χ3v) is 2.84. The van der Waals surface area contributed by atoms with E-state index in [1.807, 2.05) is 29.0 Å². The number of esters is 1. The Morgan fingerprint density at radius 2 is 2.26 bits per heavy atom. The predicted octanol–water partition coefficient (Wildman–Crippen LogP) is 1.46. The minimum Gasteiger partial charge on any atom is -0.465 e. The Morgan fingerprint density at radius 3 is 3.00 bits per heavy atom. The zero-order valence-corrected chi connectivity index (χ0v) is 10.9. The number of benzene rings is 1. The van der Waals surface area contributed by atoms with Gasteiger partial charge in [0.25, 0.3) is 0 Å². The Morgan fingerprint density at radius 1 is 1.42 bits per heavy atom. The maximum atomic E-state index is 11.6. The lowest BCUT2D eigenvalue weighted by Gasteiger charge is -2.09. The first-order valence-electron chi connectivity index (χ1n) is 6.14. The van der Waals surface area contributed by atoms with E-state index in [2.05, 4.69) is 10.3 Å². The van der Waals surface area contributed by atoms with E-state index in [-0.39, 0.29) is 5.97 Å². The van der Waals surface area contributed by atoms with E-state index >= 15 is 0 Å². The summed E-state index contributed by atoms with van der Waals surface area (Å²) < 4.78 is 6.76. The van der Waals surface area contributed by atoms with Crippen LogP contribution in [-0.2, 0) is 17.8 Å². The van der Waals surface area contributed by atoms with Crippen LogP contribution in [0.4, 0.5) is 0 Å². The standard InChI is InChI=1S/C14H17N3O2/c1-19-14(18)13-5-3-2-4-12(13)10-15-6-8-17-9-7-16-11-17/h2-5,7,9,11,15H,6,8,10H2,1H3. The van der Waals surface area contributed by atoms with Gasteiger partial charge in [0.2, 0.25) is 0 Å². The lowest BCUT2D eigenvalue weighted by molar-refractivity contribution is 0.0599. The molecule has 0 bridgehead atoms. The highest BCUT2D eigenvalue weighted by molar-refractivity contribution is 5.90. The third kappa shape index (κ3) is 3.66. The molecular weight excluding hydrogens is 242 g/mol. The topological polar surface area (TPSA) is 56.1 Å². The molecule has 0 fully saturated rings. The summed E-state index contributed by atoms with van der Waals surface area (Å²) >= 11 is 0. The lowest BCUT2D eigenvalue weighted by Crippen LogP contribution is -2.20. The number of carbonyl (C=O) groups is 1. The van der Waals surface area contributed by atoms with Crippen molar-refractivity contribution >= 4 is 5.97 Å². The summed E-state index contributed by atoms with van der Waals surface area (Å²) in [5.74, 6) is -0.299. The first-order chi connectivity index (χ1) is 9.31. The quantitative estimate of drug-likeness (QED) is 0.630. The molecule has 0 amide bonds. The van der Waals surface area contributed by atoms with E-state index in [1.165, 1.54) is 7.11 Å². The van der Waals surface area contributed by atoms with Gasteiger partial charge in [-0.2, -0.15) is 0 Å². The SMILES string of the molecule is COC(=O)c1ccccc1CNCCn1ccnc1. The van der Waals surface area contributed by atoms with E-state index in [1.54, 1.807) is 18.6 Å². The summed E-state index contributed by atoms with van der Waals surface area (Å²) in [4.78, 5) is 15.6. The van der Waals surface area contributed by atoms with Gasteiger partial charge < -0.3 is 14.6 Å². The molecule has 0 spiro atoms. The molecule has 0 radical (unpaired) electrons. The van der Waals surface area contributed by atoms with Crippen LogP contribution in [0, 0.1) is 0 Å². The average molecular weight is 259 g/mol. The van der Waals surface area contributed by atoms with Crippen molar-refractivity contribution < 1.29 is 9.53 Å². The van der Waals surface area contributed by atoms with Crippen LogP contribution in [0.3, 0.4) is 0 Å². The molecule has 2 rings (SSSR count). The number of rotatable bonds is 6. The summed E-state index contributed by atoms with van der Waals surface area (Å²) in [5.41, 5.74) is 1.56. The van der Waals surface area contributed by atoms with Crippen LogP contribution in [0.2, 0.25) is 0 Å². The first-order valence-corrected chi connectivity index (χ1v) is 6.14. The summed E-state index contributed by atoms with van der Waals surface area (Å²) in [5, 5.41) is 3.30. The van der Waals surface area contributed by atoms with Crippen LogP contribution in [0.25, 0.3) is 0 Å². The predicted molar refractivity (Wildman–Crippen MR) is 71.7 cm³/mol. The molecule has 0 aliphatic heterocycles. The van der Waals surface area contributed by atoms with Crippen molar-refractivity contribution in [2.75, 3.05) is 13.7 Å². The highest BCUT2D eigenvalue weighted by atomic mass is 16.5. The van der Waals surface area contributed by atoms with Crippen molar-refractivity contribution in [1.82, 2.24) is 14.9 Å². The van der Waals surface area contributed by atoms with Gasteiger partial charge in [-0.15, -0.1) is 0 Å². The van der Waals surface area contributed by atoms with E-state index in [9.17, 15) is 4.79 Å². The van der Waals surface area contributed by atoms with Gasteiger partial charge in [-0.3, -0.25) is 0 Å². The molecule has 19 heavy (non-hydrogen) atoms. The molecule has 0 aliphatic rings. The first kappa shape index (κ1) is 13.3. The Hall–Kier alpha value is -2.14. The number of methoxy groups -OCH3 is 1. The van der Waals surface area contributed by atoms with Crippen molar-refractivity contribution in [2.45, 2.75) is 13.1 Å². The minimum atomic E-state index is -0.299. The number of imidazole rings is 1. The maximum absolute atomic E-state index is 11.6. The molecule has 1 N–H and O–H groups in total. The van der Waals surface area contributed by atoms with Crippen molar-refractivity contribution in [3.05, 3.63) is 54.1 Å². The van der Waals surface area contributed by atoms with Crippen LogP contribution in [0.1, 0.15) is 15.9 Å². The van der Waals surface area contributed by atoms with Crippen molar-refractivity contribution in [3.63, 3.8) is 0 Å². The smallest absolute Gasteiger partial charge is 0.338 e. The Bertz CT molecular complexity index is 523. The summed E-state index contributed by atoms with van der Waals surface area (Å²) in [6.45, 7) is 2.30. The van der Waals surface area contributed by atoms with Crippen molar-refractivity contribution in [2.24, 2.45) is 0 Å². The zero-order valence-electron chi connectivity index (χ0n) is 10.9. The second kappa shape index (κ2) is 6.70. The number of aromatic nitrogens is 2. The molecule has 0 saturated heterocycles. The number of nitrogens with zero attached hydrogens (tertiary/aromatic N) is 2. The average Bonchev–Trinajstić information content (AvgIpc) is 2.96. The molecular formula is C14H17N3O2. The molecule has 5 heteroatoms. The van der Waals surface area contributed by atoms with Crippen molar-refractivity contribution in [3.8, 4) is 0 Å². The van der Waals surface area contributed by atoms with Crippen LogP contribution in [-0.4, -0.2) is 29.2 Å². The number of hydrogen-bond acceptors (Lipinski definition) is 4. The zero-order chi connectivity index (χ0) is 13.5. The Balaban J connectivity index is 1.87. The molecule has 0 unspecified atom stereocenters. The molecule has 1 heterocycles. The molecule has 1 aromatic carbocycles. The fourth-order valence-electron chi connectivity index (χ4n) is 1.83. The molecule has 100 valence electrons. The lowest BCUT2D eigenvalue weighted by atomic mass is 10.1. The van der Waals surface area contributed by atoms with Gasteiger partial charge in [0.15, 0.2) is 0 Å². The van der Waals surface area contributed by atoms with Gasteiger partial charge in [0.1, 0.15) is 0 Å². The monoisotopic (exact) mass is 259 g/mol. The highest BCUT2D eigenvalue weighted by Gasteiger charge is 2.09. The van der Waals surface area contributed by atoms with Gasteiger partial charge >= 0.3 is 5.97 Å². The van der Waals surface area contributed by atoms with Gasteiger partial charge in [-0.25, -0.2) is 9.78 Å². The van der Waals surface area contributed by atoms with Crippen LogP contribution < -0.4 is 5.32 Å². The van der Waals surface area contributed by atoms with Gasteiger partial charge in [-0.1, -0.05) is 18.2 Å². The van der Waals surface area contributed by atoms with Crippen molar-refractivity contribution in [1.29, 1.82) is 0 Å². The van der Waals surface area contributed by atoms with E-state index in [0.717, 1.165) is 18.7 Å². The highest BCUT2D eigenvalue weighted by Crippen LogP contribution is 2.09. The number of ether oxygens (including phenoxy) is 1. The van der Waals surface area contributed by atoms with Crippen LogP contribution in [0.5, 0.6) is 0 Å². The maximum Gasteiger partial charge on any atom is 0.338 e. The molecule has 1 aromatic heterocycles. The second-order valence-corrected chi connectivity index (χ2v) is 4.13. The molecule has 2 aromatic rings. The minimum absolute atomic E-state index is 0.299. The number of hydrogen-bond donors (Lipinski definition) is 1. The normalized spacial score (nSPS) is 10.4. The summed E-state index contributed by atoms with van der Waals surface area (Å²) in [7, 11) is 1.39. The van der Waals surface area contributed by atoms with Gasteiger partial charge in [0, 0.05) is 32.0 Å². The number of nitrogens with one attached hydrogen (secondary N) is 1. The fourth-order valence-corrected chi connectivity index (χ4v) is 1.83. The summed E-state index contributed by atoms with van der Waals surface area (Å²) in [6.07, 6.45) is 5.46. The Labute approximate surface area is 112 Å². The molecule has 0 saturated carbocycles. The van der Waals surface area contributed by atoms with E-state index in [4.69, 9.17) is 4.74 Å². The molecule has 5 nitrogen and oxygen atoms in total. The van der Waals surface area contributed by atoms with Gasteiger partial charge in [0.05, 0.1) is 19.0 Å². The largest absolute Gasteiger partial charge is 0.465 e. The van der Waals surface area contributed by atoms with Crippen LogP contribution in [0.15, 0.2) is 43.0 Å². The second-order valence-electron chi connectivity index (χ2n) is 4.13.